The Morgan fingerprint density at radius 1 is 1.25 bits per heavy atom. The number of hydrogen-bond donors (Lipinski definition) is 1. The largest absolute Gasteiger partial charge is 0.351 e. The molecule has 1 aromatic carbocycles. The molecule has 0 unspecified atom stereocenters. The zero-order chi connectivity index (χ0) is 17.4. The highest BCUT2D eigenvalue weighted by molar-refractivity contribution is 8.00. The lowest BCUT2D eigenvalue weighted by Gasteiger charge is -2.15. The lowest BCUT2D eigenvalue weighted by Crippen LogP contribution is -2.30. The zero-order valence-corrected chi connectivity index (χ0v) is 15.2. The number of carbonyl (C=O) groups is 1. The molecule has 1 heterocycles. The average molecular weight is 344 g/mol. The van der Waals surface area contributed by atoms with E-state index in [2.05, 4.69) is 46.3 Å². The Bertz CT molecular complexity index is 650. The third-order valence-corrected chi connectivity index (χ3v) is 4.63. The van der Waals surface area contributed by atoms with E-state index in [1.165, 1.54) is 17.3 Å². The van der Waals surface area contributed by atoms with Gasteiger partial charge in [0.25, 0.3) is 0 Å². The van der Waals surface area contributed by atoms with E-state index in [0.717, 1.165) is 18.7 Å². The van der Waals surface area contributed by atoms with Gasteiger partial charge in [0.05, 0.1) is 5.25 Å². The molecule has 1 amide bonds. The summed E-state index contributed by atoms with van der Waals surface area (Å²) in [5, 5.41) is 3.37. The normalized spacial score (nSPS) is 12.2. The quantitative estimate of drug-likeness (QED) is 0.589. The molecular weight excluding hydrogens is 320 g/mol. The molecule has 0 saturated heterocycles. The fourth-order valence-electron chi connectivity index (χ4n) is 2.15. The molecule has 2 aromatic rings. The maximum absolute atomic E-state index is 12.2. The van der Waals surface area contributed by atoms with Crippen molar-refractivity contribution in [1.29, 1.82) is 0 Å². The topological polar surface area (TPSA) is 58.1 Å². The maximum atomic E-state index is 12.2. The summed E-state index contributed by atoms with van der Waals surface area (Å²) in [5.41, 5.74) is 2.37. The Labute approximate surface area is 147 Å². The van der Waals surface area contributed by atoms with Gasteiger partial charge >= 0.3 is 0 Å². The molecule has 0 saturated carbocycles. The summed E-state index contributed by atoms with van der Waals surface area (Å²) in [6, 6.07) is 10.1. The van der Waals surface area contributed by atoms with Gasteiger partial charge < -0.3 is 10.2 Å². The van der Waals surface area contributed by atoms with E-state index in [0.29, 0.717) is 11.7 Å². The van der Waals surface area contributed by atoms with Crippen molar-refractivity contribution in [2.75, 3.05) is 13.6 Å². The first-order valence-corrected chi connectivity index (χ1v) is 8.94. The summed E-state index contributed by atoms with van der Waals surface area (Å²) in [4.78, 5) is 22.7. The van der Waals surface area contributed by atoms with E-state index in [1.54, 1.807) is 18.5 Å². The molecule has 0 aliphatic rings. The van der Waals surface area contributed by atoms with Crippen LogP contribution in [0, 0.1) is 0 Å². The minimum atomic E-state index is -0.234. The number of aromatic nitrogens is 2. The van der Waals surface area contributed by atoms with Crippen molar-refractivity contribution >= 4 is 17.7 Å². The van der Waals surface area contributed by atoms with Crippen LogP contribution in [0.3, 0.4) is 0 Å². The fraction of sp³-hybridized carbons (Fsp3) is 0.389. The Kier molecular flexibility index (Phi) is 7.21. The molecule has 0 radical (unpaired) electrons. The number of amides is 1. The van der Waals surface area contributed by atoms with Crippen LogP contribution in [0.4, 0.5) is 0 Å². The van der Waals surface area contributed by atoms with Gasteiger partial charge in [-0.05, 0) is 37.7 Å². The van der Waals surface area contributed by atoms with E-state index >= 15 is 0 Å². The molecule has 24 heavy (non-hydrogen) atoms. The van der Waals surface area contributed by atoms with Gasteiger partial charge in [-0.25, -0.2) is 9.97 Å². The van der Waals surface area contributed by atoms with Crippen molar-refractivity contribution in [3.63, 3.8) is 0 Å². The number of carbonyl (C=O) groups excluding carboxylic acids is 1. The van der Waals surface area contributed by atoms with Gasteiger partial charge in [-0.15, -0.1) is 0 Å². The van der Waals surface area contributed by atoms with Crippen LogP contribution < -0.4 is 5.32 Å². The molecule has 0 fully saturated rings. The summed E-state index contributed by atoms with van der Waals surface area (Å²) in [7, 11) is 2.10. The minimum absolute atomic E-state index is 0.0106. The molecule has 5 nitrogen and oxygen atoms in total. The second kappa shape index (κ2) is 9.39. The summed E-state index contributed by atoms with van der Waals surface area (Å²) in [5.74, 6) is -0.0106. The van der Waals surface area contributed by atoms with Crippen LogP contribution in [-0.4, -0.2) is 39.6 Å². The standard InChI is InChI=1S/C18H24N4OS/c1-4-22(3)13-16-8-5-7-15(11-16)12-21-17(23)14(2)24-18-19-9-6-10-20-18/h5-11,14H,4,12-13H2,1-3H3,(H,21,23)/t14-/m1/s1. The Hall–Kier alpha value is -1.92. The molecule has 2 rings (SSSR count). The molecule has 0 aliphatic carbocycles. The first-order chi connectivity index (χ1) is 11.6. The Morgan fingerprint density at radius 3 is 2.67 bits per heavy atom. The monoisotopic (exact) mass is 344 g/mol. The maximum Gasteiger partial charge on any atom is 0.233 e. The molecule has 0 spiro atoms. The van der Waals surface area contributed by atoms with Crippen LogP contribution in [0.2, 0.25) is 0 Å². The van der Waals surface area contributed by atoms with Crippen molar-refractivity contribution < 1.29 is 4.79 Å². The summed E-state index contributed by atoms with van der Waals surface area (Å²) in [6.45, 7) is 6.46. The third-order valence-electron chi connectivity index (χ3n) is 3.64. The van der Waals surface area contributed by atoms with Gasteiger partial charge in [-0.2, -0.15) is 0 Å². The lowest BCUT2D eigenvalue weighted by molar-refractivity contribution is -0.120. The molecule has 1 atom stereocenters. The Balaban J connectivity index is 1.86. The van der Waals surface area contributed by atoms with Gasteiger partial charge in [0.15, 0.2) is 5.16 Å². The Morgan fingerprint density at radius 2 is 1.96 bits per heavy atom. The predicted molar refractivity (Wildman–Crippen MR) is 97.6 cm³/mol. The van der Waals surface area contributed by atoms with Gasteiger partial charge in [0, 0.05) is 25.5 Å². The molecule has 0 aliphatic heterocycles. The van der Waals surface area contributed by atoms with E-state index in [4.69, 9.17) is 0 Å². The zero-order valence-electron chi connectivity index (χ0n) is 14.4. The third kappa shape index (κ3) is 5.94. The van der Waals surface area contributed by atoms with Crippen molar-refractivity contribution in [2.24, 2.45) is 0 Å². The second-order valence-corrected chi connectivity index (χ2v) is 6.97. The highest BCUT2D eigenvalue weighted by Crippen LogP contribution is 2.18. The molecule has 0 bridgehead atoms. The molecule has 6 heteroatoms. The van der Waals surface area contributed by atoms with Crippen LogP contribution in [-0.2, 0) is 17.9 Å². The predicted octanol–water partition coefficient (Wildman–Crippen LogP) is 2.73. The summed E-state index contributed by atoms with van der Waals surface area (Å²) >= 11 is 1.36. The van der Waals surface area contributed by atoms with Crippen LogP contribution in [0.15, 0.2) is 47.9 Å². The SMILES string of the molecule is CCN(C)Cc1cccc(CNC(=O)[C@@H](C)Sc2ncccn2)c1. The number of hydrogen-bond acceptors (Lipinski definition) is 5. The molecule has 1 aromatic heterocycles. The molecule has 128 valence electrons. The number of rotatable bonds is 8. The van der Waals surface area contributed by atoms with Crippen LogP contribution in [0.25, 0.3) is 0 Å². The van der Waals surface area contributed by atoms with Gasteiger partial charge in [-0.3, -0.25) is 4.79 Å². The van der Waals surface area contributed by atoms with Crippen LogP contribution >= 0.6 is 11.8 Å². The fourth-order valence-corrected chi connectivity index (χ4v) is 2.90. The van der Waals surface area contributed by atoms with E-state index in [1.807, 2.05) is 19.1 Å². The van der Waals surface area contributed by atoms with E-state index in [-0.39, 0.29) is 11.2 Å². The van der Waals surface area contributed by atoms with Crippen LogP contribution in [0.5, 0.6) is 0 Å². The summed E-state index contributed by atoms with van der Waals surface area (Å²) < 4.78 is 0. The highest BCUT2D eigenvalue weighted by atomic mass is 32.2. The number of thioether (sulfide) groups is 1. The van der Waals surface area contributed by atoms with Crippen molar-refractivity contribution in [2.45, 2.75) is 37.3 Å². The first kappa shape index (κ1) is 18.4. The van der Waals surface area contributed by atoms with E-state index < -0.39 is 0 Å². The lowest BCUT2D eigenvalue weighted by atomic mass is 10.1. The smallest absolute Gasteiger partial charge is 0.233 e. The molecular formula is C18H24N4OS. The van der Waals surface area contributed by atoms with Crippen molar-refractivity contribution in [3.8, 4) is 0 Å². The highest BCUT2D eigenvalue weighted by Gasteiger charge is 2.15. The number of nitrogens with zero attached hydrogens (tertiary/aromatic N) is 3. The second-order valence-electron chi connectivity index (χ2n) is 5.66. The summed E-state index contributed by atoms with van der Waals surface area (Å²) in [6.07, 6.45) is 3.36. The van der Waals surface area contributed by atoms with Crippen molar-refractivity contribution in [3.05, 3.63) is 53.9 Å². The number of benzene rings is 1. The van der Waals surface area contributed by atoms with Gasteiger partial charge in [0.2, 0.25) is 5.91 Å². The van der Waals surface area contributed by atoms with Gasteiger partial charge in [-0.1, -0.05) is 43.0 Å². The minimum Gasteiger partial charge on any atom is -0.351 e. The van der Waals surface area contributed by atoms with Crippen molar-refractivity contribution in [1.82, 2.24) is 20.2 Å². The molecule has 1 N–H and O–H groups in total. The van der Waals surface area contributed by atoms with Gasteiger partial charge in [0.1, 0.15) is 0 Å². The van der Waals surface area contributed by atoms with Crippen LogP contribution in [0.1, 0.15) is 25.0 Å². The first-order valence-electron chi connectivity index (χ1n) is 8.06. The van der Waals surface area contributed by atoms with E-state index in [9.17, 15) is 4.79 Å². The number of nitrogens with one attached hydrogen (secondary N) is 1. The average Bonchev–Trinajstić information content (AvgIpc) is 2.60.